The second-order valence-electron chi connectivity index (χ2n) is 3.60. The summed E-state index contributed by atoms with van der Waals surface area (Å²) in [4.78, 5) is 11.1. The molecule has 0 aromatic rings. The van der Waals surface area contributed by atoms with Crippen LogP contribution in [0.5, 0.6) is 0 Å². The number of ketones is 1. The van der Waals surface area contributed by atoms with Gasteiger partial charge >= 0.3 is 0 Å². The number of allylic oxidation sites excluding steroid dienone is 3. The molecule has 1 heteroatoms. The highest BCUT2D eigenvalue weighted by atomic mass is 16.1. The lowest BCUT2D eigenvalue weighted by atomic mass is 9.88. The van der Waals surface area contributed by atoms with Gasteiger partial charge in [0.25, 0.3) is 0 Å². The van der Waals surface area contributed by atoms with Gasteiger partial charge in [-0.3, -0.25) is 4.79 Å². The Morgan fingerprint density at radius 1 is 1.67 bits per heavy atom. The highest BCUT2D eigenvalue weighted by Crippen LogP contribution is 2.22. The average molecular weight is 164 g/mol. The van der Waals surface area contributed by atoms with Crippen molar-refractivity contribution < 1.29 is 4.79 Å². The van der Waals surface area contributed by atoms with Crippen molar-refractivity contribution in [2.75, 3.05) is 0 Å². The van der Waals surface area contributed by atoms with Gasteiger partial charge in [0.1, 0.15) is 5.78 Å². The van der Waals surface area contributed by atoms with Crippen molar-refractivity contribution in [3.8, 4) is 0 Å². The summed E-state index contributed by atoms with van der Waals surface area (Å²) >= 11 is 0. The molecule has 0 radical (unpaired) electrons. The highest BCUT2D eigenvalue weighted by Gasteiger charge is 2.16. The molecule has 0 saturated heterocycles. The Labute approximate surface area is 74.2 Å². The first kappa shape index (κ1) is 9.24. The Hall–Kier alpha value is -0.850. The predicted molar refractivity (Wildman–Crippen MR) is 50.9 cm³/mol. The third-order valence-electron chi connectivity index (χ3n) is 2.17. The Morgan fingerprint density at radius 3 is 3.00 bits per heavy atom. The summed E-state index contributed by atoms with van der Waals surface area (Å²) in [7, 11) is 0. The van der Waals surface area contributed by atoms with Gasteiger partial charge in [-0.1, -0.05) is 24.3 Å². The van der Waals surface area contributed by atoms with Crippen LogP contribution in [0.3, 0.4) is 0 Å². The molecule has 1 atom stereocenters. The molecule has 0 aliphatic heterocycles. The maximum atomic E-state index is 11.1. The first-order chi connectivity index (χ1) is 5.68. The SMILES string of the molecule is C=C(C)/C=C\C1CCCC(=O)C1. The topological polar surface area (TPSA) is 17.1 Å². The largest absolute Gasteiger partial charge is 0.300 e. The van der Waals surface area contributed by atoms with E-state index in [4.69, 9.17) is 0 Å². The second-order valence-corrected chi connectivity index (χ2v) is 3.60. The van der Waals surface area contributed by atoms with E-state index in [1.165, 1.54) is 0 Å². The lowest BCUT2D eigenvalue weighted by Crippen LogP contribution is -2.12. The van der Waals surface area contributed by atoms with Crippen LogP contribution >= 0.6 is 0 Å². The van der Waals surface area contributed by atoms with Crippen molar-refractivity contribution in [2.24, 2.45) is 5.92 Å². The van der Waals surface area contributed by atoms with Gasteiger partial charge in [-0.25, -0.2) is 0 Å². The summed E-state index contributed by atoms with van der Waals surface area (Å²) in [5.41, 5.74) is 1.06. The molecule has 1 fully saturated rings. The van der Waals surface area contributed by atoms with E-state index in [0.717, 1.165) is 31.3 Å². The molecular formula is C11H16O. The summed E-state index contributed by atoms with van der Waals surface area (Å²) in [6.07, 6.45) is 7.89. The van der Waals surface area contributed by atoms with E-state index in [0.29, 0.717) is 11.7 Å². The fourth-order valence-electron chi connectivity index (χ4n) is 1.52. The molecule has 1 unspecified atom stereocenters. The zero-order valence-corrected chi connectivity index (χ0v) is 7.68. The fraction of sp³-hybridized carbons (Fsp3) is 0.545. The van der Waals surface area contributed by atoms with Crippen LogP contribution in [0.4, 0.5) is 0 Å². The van der Waals surface area contributed by atoms with E-state index in [1.807, 2.05) is 13.0 Å². The molecule has 1 aliphatic carbocycles. The number of hydrogen-bond donors (Lipinski definition) is 0. The molecule has 1 nitrogen and oxygen atoms in total. The lowest BCUT2D eigenvalue weighted by Gasteiger charge is -2.16. The number of hydrogen-bond acceptors (Lipinski definition) is 1. The minimum absolute atomic E-state index is 0.414. The summed E-state index contributed by atoms with van der Waals surface area (Å²) in [6, 6.07) is 0. The molecule has 0 aromatic carbocycles. The van der Waals surface area contributed by atoms with Crippen molar-refractivity contribution >= 4 is 5.78 Å². The van der Waals surface area contributed by atoms with E-state index in [2.05, 4.69) is 12.7 Å². The number of rotatable bonds is 2. The fourth-order valence-corrected chi connectivity index (χ4v) is 1.52. The minimum Gasteiger partial charge on any atom is -0.300 e. The zero-order valence-electron chi connectivity index (χ0n) is 7.68. The molecule has 0 spiro atoms. The van der Waals surface area contributed by atoms with Gasteiger partial charge in [0.15, 0.2) is 0 Å². The van der Waals surface area contributed by atoms with E-state index < -0.39 is 0 Å². The lowest BCUT2D eigenvalue weighted by molar-refractivity contribution is -0.121. The van der Waals surface area contributed by atoms with Gasteiger partial charge in [-0.2, -0.15) is 0 Å². The molecule has 0 aromatic heterocycles. The van der Waals surface area contributed by atoms with Crippen molar-refractivity contribution in [3.63, 3.8) is 0 Å². The van der Waals surface area contributed by atoms with Gasteiger partial charge in [-0.05, 0) is 25.7 Å². The molecule has 0 bridgehead atoms. The Balaban J connectivity index is 2.41. The van der Waals surface area contributed by atoms with Crippen molar-refractivity contribution in [2.45, 2.75) is 32.6 Å². The Kier molecular flexibility index (Phi) is 3.27. The molecule has 66 valence electrons. The smallest absolute Gasteiger partial charge is 0.133 e. The van der Waals surface area contributed by atoms with Crippen molar-refractivity contribution in [1.82, 2.24) is 0 Å². The zero-order chi connectivity index (χ0) is 8.97. The Bertz CT molecular complexity index is 213. The molecular weight excluding hydrogens is 148 g/mol. The van der Waals surface area contributed by atoms with E-state index in [9.17, 15) is 4.79 Å². The first-order valence-electron chi connectivity index (χ1n) is 4.54. The summed E-state index contributed by atoms with van der Waals surface area (Å²) < 4.78 is 0. The van der Waals surface area contributed by atoms with Crippen LogP contribution in [0.15, 0.2) is 24.3 Å². The maximum absolute atomic E-state index is 11.1. The molecule has 1 rings (SSSR count). The molecule has 0 N–H and O–H groups in total. The first-order valence-corrected chi connectivity index (χ1v) is 4.54. The van der Waals surface area contributed by atoms with Crippen molar-refractivity contribution in [3.05, 3.63) is 24.3 Å². The maximum Gasteiger partial charge on any atom is 0.133 e. The monoisotopic (exact) mass is 164 g/mol. The standard InChI is InChI=1S/C11H16O/c1-9(2)6-7-10-4-3-5-11(12)8-10/h6-7,10H,1,3-5,8H2,2H3/b7-6-. The van der Waals surface area contributed by atoms with Gasteiger partial charge < -0.3 is 0 Å². The van der Waals surface area contributed by atoms with Crippen LogP contribution in [-0.2, 0) is 4.79 Å². The average Bonchev–Trinajstić information content (AvgIpc) is 2.01. The number of Topliss-reactive ketones (excluding diaryl/α,β-unsaturated/α-hetero) is 1. The summed E-state index contributed by atoms with van der Waals surface area (Å²) in [6.45, 7) is 5.76. The Morgan fingerprint density at radius 2 is 2.42 bits per heavy atom. The number of carbonyl (C=O) groups is 1. The van der Waals surface area contributed by atoms with Crippen LogP contribution in [0.25, 0.3) is 0 Å². The van der Waals surface area contributed by atoms with Gasteiger partial charge in [-0.15, -0.1) is 0 Å². The predicted octanol–water partition coefficient (Wildman–Crippen LogP) is 2.88. The van der Waals surface area contributed by atoms with E-state index in [1.54, 1.807) is 0 Å². The quantitative estimate of drug-likeness (QED) is 0.573. The number of carbonyl (C=O) groups excluding carboxylic acids is 1. The summed E-state index contributed by atoms with van der Waals surface area (Å²) in [5.74, 6) is 0.889. The second kappa shape index (κ2) is 4.24. The van der Waals surface area contributed by atoms with Crippen LogP contribution in [0.2, 0.25) is 0 Å². The molecule has 0 heterocycles. The van der Waals surface area contributed by atoms with Crippen LogP contribution in [0.1, 0.15) is 32.6 Å². The van der Waals surface area contributed by atoms with Crippen LogP contribution in [-0.4, -0.2) is 5.78 Å². The van der Waals surface area contributed by atoms with Gasteiger partial charge in [0.05, 0.1) is 0 Å². The molecule has 0 amide bonds. The third kappa shape index (κ3) is 3.04. The summed E-state index contributed by atoms with van der Waals surface area (Å²) in [5, 5.41) is 0. The molecule has 1 aliphatic rings. The van der Waals surface area contributed by atoms with E-state index >= 15 is 0 Å². The normalized spacial score (nSPS) is 24.8. The van der Waals surface area contributed by atoms with Crippen LogP contribution < -0.4 is 0 Å². The van der Waals surface area contributed by atoms with E-state index in [-0.39, 0.29) is 0 Å². The molecule has 1 saturated carbocycles. The van der Waals surface area contributed by atoms with Crippen molar-refractivity contribution in [1.29, 1.82) is 0 Å². The molecule has 12 heavy (non-hydrogen) atoms. The van der Waals surface area contributed by atoms with Crippen LogP contribution in [0, 0.1) is 5.92 Å². The highest BCUT2D eigenvalue weighted by molar-refractivity contribution is 5.79. The minimum atomic E-state index is 0.414. The third-order valence-corrected chi connectivity index (χ3v) is 2.17. The van der Waals surface area contributed by atoms with Gasteiger partial charge in [0.2, 0.25) is 0 Å². The van der Waals surface area contributed by atoms with Gasteiger partial charge in [0, 0.05) is 12.8 Å².